The molecule has 2 N–H and O–H groups in total. The second-order valence-electron chi connectivity index (χ2n) is 7.35. The van der Waals surface area contributed by atoms with E-state index in [0.29, 0.717) is 28.7 Å². The van der Waals surface area contributed by atoms with Crippen LogP contribution in [0.25, 0.3) is 0 Å². The van der Waals surface area contributed by atoms with Gasteiger partial charge in [-0.3, -0.25) is 9.59 Å². The van der Waals surface area contributed by atoms with E-state index in [1.807, 2.05) is 11.4 Å². The molecular weight excluding hydrogens is 370 g/mol. The minimum Gasteiger partial charge on any atom is -0.352 e. The standard InChI is InChI=1S/C22H29N3O2S/c1-17-7-2-4-14-25(17)15-5-3-13-23-21(26)18-9-11-19(12-10-18)24-22(27)20-8-6-16-28-20/h6,8-12,16-17H,2-5,7,13-15H2,1H3,(H,23,26)(H,24,27)/t17-/m1/s1. The van der Waals surface area contributed by atoms with E-state index in [1.165, 1.54) is 37.1 Å². The lowest BCUT2D eigenvalue weighted by Crippen LogP contribution is -2.38. The maximum absolute atomic E-state index is 12.3. The first kappa shape index (κ1) is 20.6. The van der Waals surface area contributed by atoms with Crippen molar-refractivity contribution in [3.8, 4) is 0 Å². The number of thiophene rings is 1. The van der Waals surface area contributed by atoms with Gasteiger partial charge in [-0.15, -0.1) is 11.3 Å². The van der Waals surface area contributed by atoms with E-state index in [2.05, 4.69) is 22.5 Å². The van der Waals surface area contributed by atoms with Gasteiger partial charge in [0.15, 0.2) is 0 Å². The van der Waals surface area contributed by atoms with E-state index in [9.17, 15) is 9.59 Å². The average Bonchev–Trinajstić information content (AvgIpc) is 3.24. The minimum atomic E-state index is -0.129. The van der Waals surface area contributed by atoms with Gasteiger partial charge in [0.1, 0.15) is 0 Å². The van der Waals surface area contributed by atoms with Crippen LogP contribution in [0.3, 0.4) is 0 Å². The second kappa shape index (κ2) is 10.4. The van der Waals surface area contributed by atoms with Crippen molar-refractivity contribution in [2.45, 2.75) is 45.1 Å². The molecule has 0 spiro atoms. The fourth-order valence-electron chi connectivity index (χ4n) is 3.54. The monoisotopic (exact) mass is 399 g/mol. The highest BCUT2D eigenvalue weighted by Gasteiger charge is 2.17. The number of hydrogen-bond donors (Lipinski definition) is 2. The van der Waals surface area contributed by atoms with Crippen molar-refractivity contribution in [1.82, 2.24) is 10.2 Å². The number of likely N-dealkylation sites (tertiary alicyclic amines) is 1. The largest absolute Gasteiger partial charge is 0.352 e. The number of anilines is 1. The zero-order chi connectivity index (χ0) is 19.8. The van der Waals surface area contributed by atoms with Crippen LogP contribution in [0.2, 0.25) is 0 Å². The summed E-state index contributed by atoms with van der Waals surface area (Å²) >= 11 is 1.40. The minimum absolute atomic E-state index is 0.0672. The second-order valence-corrected chi connectivity index (χ2v) is 8.30. The van der Waals surface area contributed by atoms with Gasteiger partial charge in [0.25, 0.3) is 11.8 Å². The van der Waals surface area contributed by atoms with Crippen LogP contribution in [0.15, 0.2) is 41.8 Å². The summed E-state index contributed by atoms with van der Waals surface area (Å²) in [5, 5.41) is 7.70. The Morgan fingerprint density at radius 1 is 1.11 bits per heavy atom. The third kappa shape index (κ3) is 5.91. The molecule has 1 saturated heterocycles. The number of nitrogens with zero attached hydrogens (tertiary/aromatic N) is 1. The molecule has 0 saturated carbocycles. The number of amides is 2. The Morgan fingerprint density at radius 2 is 1.93 bits per heavy atom. The maximum atomic E-state index is 12.3. The molecule has 1 aromatic heterocycles. The molecule has 1 aliphatic heterocycles. The van der Waals surface area contributed by atoms with Crippen LogP contribution < -0.4 is 10.6 Å². The van der Waals surface area contributed by atoms with Gasteiger partial charge < -0.3 is 15.5 Å². The Kier molecular flexibility index (Phi) is 7.62. The number of carbonyl (C=O) groups excluding carboxylic acids is 2. The van der Waals surface area contributed by atoms with Gasteiger partial charge in [-0.2, -0.15) is 0 Å². The van der Waals surface area contributed by atoms with Crippen molar-refractivity contribution in [2.75, 3.05) is 25.0 Å². The molecule has 0 aliphatic carbocycles. The number of carbonyl (C=O) groups is 2. The third-order valence-corrected chi connectivity index (χ3v) is 6.12. The molecule has 28 heavy (non-hydrogen) atoms. The number of nitrogens with one attached hydrogen (secondary N) is 2. The molecule has 1 fully saturated rings. The van der Waals surface area contributed by atoms with Crippen molar-refractivity contribution in [2.24, 2.45) is 0 Å². The molecule has 0 unspecified atom stereocenters. The molecule has 150 valence electrons. The van der Waals surface area contributed by atoms with E-state index < -0.39 is 0 Å². The molecule has 0 bridgehead atoms. The summed E-state index contributed by atoms with van der Waals surface area (Å²) in [5.41, 5.74) is 1.30. The third-order valence-electron chi connectivity index (χ3n) is 5.25. The van der Waals surface area contributed by atoms with Crippen LogP contribution in [-0.2, 0) is 0 Å². The van der Waals surface area contributed by atoms with Gasteiger partial charge in [-0.25, -0.2) is 0 Å². The molecule has 1 atom stereocenters. The molecule has 2 aromatic rings. The molecule has 6 heteroatoms. The smallest absolute Gasteiger partial charge is 0.265 e. The first-order valence-electron chi connectivity index (χ1n) is 10.1. The van der Waals surface area contributed by atoms with Gasteiger partial charge in [0.2, 0.25) is 0 Å². The lowest BCUT2D eigenvalue weighted by Gasteiger charge is -2.33. The van der Waals surface area contributed by atoms with E-state index in [4.69, 9.17) is 0 Å². The Labute approximate surface area is 171 Å². The fourth-order valence-corrected chi connectivity index (χ4v) is 4.16. The van der Waals surface area contributed by atoms with Gasteiger partial charge in [-0.05, 0) is 81.4 Å². The summed E-state index contributed by atoms with van der Waals surface area (Å²) in [5.74, 6) is -0.197. The van der Waals surface area contributed by atoms with Crippen LogP contribution >= 0.6 is 11.3 Å². The van der Waals surface area contributed by atoms with E-state index in [1.54, 1.807) is 30.3 Å². The molecular formula is C22H29N3O2S. The first-order chi connectivity index (χ1) is 13.6. The van der Waals surface area contributed by atoms with Gasteiger partial charge in [0, 0.05) is 23.8 Å². The Morgan fingerprint density at radius 3 is 2.64 bits per heavy atom. The van der Waals surface area contributed by atoms with E-state index in [0.717, 1.165) is 19.4 Å². The van der Waals surface area contributed by atoms with Gasteiger partial charge in [0.05, 0.1) is 4.88 Å². The van der Waals surface area contributed by atoms with Crippen molar-refractivity contribution in [3.05, 3.63) is 52.2 Å². The molecule has 0 radical (unpaired) electrons. The quantitative estimate of drug-likeness (QED) is 0.648. The summed E-state index contributed by atoms with van der Waals surface area (Å²) in [4.78, 5) is 27.6. The molecule has 2 heterocycles. The van der Waals surface area contributed by atoms with Crippen LogP contribution in [0.4, 0.5) is 5.69 Å². The highest BCUT2D eigenvalue weighted by atomic mass is 32.1. The van der Waals surface area contributed by atoms with Gasteiger partial charge in [-0.1, -0.05) is 12.5 Å². The van der Waals surface area contributed by atoms with Crippen molar-refractivity contribution >= 4 is 28.8 Å². The Hall–Kier alpha value is -2.18. The maximum Gasteiger partial charge on any atom is 0.265 e. The lowest BCUT2D eigenvalue weighted by atomic mass is 10.0. The SMILES string of the molecule is C[C@@H]1CCCCN1CCCCNC(=O)c1ccc(NC(=O)c2cccs2)cc1. The average molecular weight is 400 g/mol. The molecule has 3 rings (SSSR count). The number of piperidine rings is 1. The summed E-state index contributed by atoms with van der Waals surface area (Å²) in [6, 6.07) is 11.3. The highest BCUT2D eigenvalue weighted by molar-refractivity contribution is 7.12. The van der Waals surface area contributed by atoms with Crippen molar-refractivity contribution in [1.29, 1.82) is 0 Å². The fraction of sp³-hybridized carbons (Fsp3) is 0.455. The Balaban J connectivity index is 1.36. The number of unbranched alkanes of at least 4 members (excludes halogenated alkanes) is 1. The van der Waals surface area contributed by atoms with Crippen LogP contribution in [0.5, 0.6) is 0 Å². The number of rotatable bonds is 8. The summed E-state index contributed by atoms with van der Waals surface area (Å²) in [6.45, 7) is 5.34. The predicted molar refractivity (Wildman–Crippen MR) is 115 cm³/mol. The van der Waals surface area contributed by atoms with Gasteiger partial charge >= 0.3 is 0 Å². The number of benzene rings is 1. The molecule has 1 aliphatic rings. The van der Waals surface area contributed by atoms with Crippen LogP contribution in [0.1, 0.15) is 59.1 Å². The van der Waals surface area contributed by atoms with E-state index >= 15 is 0 Å². The zero-order valence-electron chi connectivity index (χ0n) is 16.4. The lowest BCUT2D eigenvalue weighted by molar-refractivity contribution is 0.0951. The zero-order valence-corrected chi connectivity index (χ0v) is 17.3. The Bertz CT molecular complexity index is 759. The predicted octanol–water partition coefficient (Wildman–Crippen LogP) is 4.38. The van der Waals surface area contributed by atoms with E-state index in [-0.39, 0.29) is 11.8 Å². The first-order valence-corrected chi connectivity index (χ1v) is 11.0. The van der Waals surface area contributed by atoms with Crippen molar-refractivity contribution in [3.63, 3.8) is 0 Å². The van der Waals surface area contributed by atoms with Crippen LogP contribution in [0, 0.1) is 0 Å². The summed E-state index contributed by atoms with van der Waals surface area (Å²) in [7, 11) is 0. The van der Waals surface area contributed by atoms with Crippen molar-refractivity contribution < 1.29 is 9.59 Å². The topological polar surface area (TPSA) is 61.4 Å². The normalized spacial score (nSPS) is 17.2. The highest BCUT2D eigenvalue weighted by Crippen LogP contribution is 2.17. The molecule has 1 aromatic carbocycles. The molecule has 5 nitrogen and oxygen atoms in total. The van der Waals surface area contributed by atoms with Crippen LogP contribution in [-0.4, -0.2) is 42.4 Å². The number of hydrogen-bond acceptors (Lipinski definition) is 4. The summed E-state index contributed by atoms with van der Waals surface area (Å²) < 4.78 is 0. The summed E-state index contributed by atoms with van der Waals surface area (Å²) in [6.07, 6.45) is 6.07. The molecule has 2 amide bonds.